The lowest BCUT2D eigenvalue weighted by atomic mass is 10.0. The number of urea groups is 1. The Morgan fingerprint density at radius 3 is 2.54 bits per heavy atom. The van der Waals surface area contributed by atoms with Crippen molar-refractivity contribution in [2.24, 2.45) is 0 Å². The zero-order valence-corrected chi connectivity index (χ0v) is 13.4. The SMILES string of the molecule is CN(CC(F)F)C(=O)NC1CCN(Cc2ccc(F)c(F)c2)CC1. The van der Waals surface area contributed by atoms with Gasteiger partial charge >= 0.3 is 6.03 Å². The highest BCUT2D eigenvalue weighted by Gasteiger charge is 2.23. The van der Waals surface area contributed by atoms with Crippen molar-refractivity contribution in [2.45, 2.75) is 31.9 Å². The third kappa shape index (κ3) is 5.36. The molecule has 1 N–H and O–H groups in total. The van der Waals surface area contributed by atoms with Crippen LogP contribution in [0.5, 0.6) is 0 Å². The summed E-state index contributed by atoms with van der Waals surface area (Å²) in [4.78, 5) is 14.8. The number of amides is 2. The largest absolute Gasteiger partial charge is 0.335 e. The van der Waals surface area contributed by atoms with Crippen LogP contribution in [-0.2, 0) is 6.54 Å². The Balaban J connectivity index is 1.76. The predicted molar refractivity (Wildman–Crippen MR) is 81.8 cm³/mol. The molecule has 0 aromatic heterocycles. The first-order valence-electron chi connectivity index (χ1n) is 7.81. The Kier molecular flexibility index (Phi) is 6.42. The number of nitrogens with one attached hydrogen (secondary N) is 1. The second-order valence-corrected chi connectivity index (χ2v) is 6.02. The fourth-order valence-electron chi connectivity index (χ4n) is 2.71. The van der Waals surface area contributed by atoms with E-state index >= 15 is 0 Å². The van der Waals surface area contributed by atoms with Gasteiger partial charge in [-0.3, -0.25) is 4.90 Å². The Morgan fingerprint density at radius 1 is 1.29 bits per heavy atom. The Morgan fingerprint density at radius 2 is 1.96 bits per heavy atom. The van der Waals surface area contributed by atoms with Gasteiger partial charge in [-0.2, -0.15) is 0 Å². The van der Waals surface area contributed by atoms with Crippen molar-refractivity contribution in [3.8, 4) is 0 Å². The maximum absolute atomic E-state index is 13.2. The molecule has 0 spiro atoms. The number of hydrogen-bond donors (Lipinski definition) is 1. The van der Waals surface area contributed by atoms with Gasteiger partial charge in [-0.25, -0.2) is 22.4 Å². The van der Waals surface area contributed by atoms with E-state index in [-0.39, 0.29) is 6.04 Å². The van der Waals surface area contributed by atoms with Gasteiger partial charge in [-0.15, -0.1) is 0 Å². The van der Waals surface area contributed by atoms with Crippen LogP contribution in [0.4, 0.5) is 22.4 Å². The van der Waals surface area contributed by atoms with Gasteiger partial charge in [0, 0.05) is 32.7 Å². The summed E-state index contributed by atoms with van der Waals surface area (Å²) in [5.41, 5.74) is 0.688. The highest BCUT2D eigenvalue weighted by molar-refractivity contribution is 5.74. The molecule has 1 aliphatic rings. The van der Waals surface area contributed by atoms with E-state index in [2.05, 4.69) is 10.2 Å². The molecule has 8 heteroatoms. The standard InChI is InChI=1S/C16H21F4N3O/c1-22(10-15(19)20)16(24)21-12-4-6-23(7-5-12)9-11-2-3-13(17)14(18)8-11/h2-3,8,12,15H,4-7,9-10H2,1H3,(H,21,24). The van der Waals surface area contributed by atoms with Gasteiger partial charge in [0.05, 0.1) is 6.54 Å². The van der Waals surface area contributed by atoms with Gasteiger partial charge in [-0.1, -0.05) is 6.07 Å². The molecule has 1 aliphatic heterocycles. The zero-order valence-electron chi connectivity index (χ0n) is 13.4. The molecule has 0 atom stereocenters. The number of carbonyl (C=O) groups is 1. The van der Waals surface area contributed by atoms with E-state index in [4.69, 9.17) is 0 Å². The fraction of sp³-hybridized carbons (Fsp3) is 0.562. The quantitative estimate of drug-likeness (QED) is 0.832. The first-order valence-corrected chi connectivity index (χ1v) is 7.81. The second-order valence-electron chi connectivity index (χ2n) is 6.02. The monoisotopic (exact) mass is 347 g/mol. The van der Waals surface area contributed by atoms with Crippen molar-refractivity contribution in [1.82, 2.24) is 15.1 Å². The molecule has 2 rings (SSSR count). The molecule has 1 aromatic carbocycles. The molecule has 0 bridgehead atoms. The minimum Gasteiger partial charge on any atom is -0.335 e. The topological polar surface area (TPSA) is 35.6 Å². The molecule has 24 heavy (non-hydrogen) atoms. The normalized spacial score (nSPS) is 16.4. The summed E-state index contributed by atoms with van der Waals surface area (Å²) < 4.78 is 50.6. The molecular weight excluding hydrogens is 326 g/mol. The number of carbonyl (C=O) groups excluding carboxylic acids is 1. The number of likely N-dealkylation sites (tertiary alicyclic amines) is 1. The Bertz CT molecular complexity index is 562. The van der Waals surface area contributed by atoms with Crippen molar-refractivity contribution in [3.05, 3.63) is 35.4 Å². The molecule has 2 amide bonds. The molecule has 1 aromatic rings. The van der Waals surface area contributed by atoms with Crippen LogP contribution < -0.4 is 5.32 Å². The molecule has 0 radical (unpaired) electrons. The molecule has 1 saturated heterocycles. The lowest BCUT2D eigenvalue weighted by molar-refractivity contribution is 0.105. The van der Waals surface area contributed by atoms with Crippen LogP contribution in [0.1, 0.15) is 18.4 Å². The van der Waals surface area contributed by atoms with E-state index in [0.29, 0.717) is 38.0 Å². The molecule has 4 nitrogen and oxygen atoms in total. The highest BCUT2D eigenvalue weighted by Crippen LogP contribution is 2.16. The maximum atomic E-state index is 13.2. The van der Waals surface area contributed by atoms with Crippen molar-refractivity contribution in [3.63, 3.8) is 0 Å². The van der Waals surface area contributed by atoms with Gasteiger partial charge in [0.15, 0.2) is 11.6 Å². The van der Waals surface area contributed by atoms with Crippen molar-refractivity contribution < 1.29 is 22.4 Å². The lowest BCUT2D eigenvalue weighted by Gasteiger charge is -2.33. The minimum absolute atomic E-state index is 0.0705. The summed E-state index contributed by atoms with van der Waals surface area (Å²) in [6.45, 7) is 1.27. The number of nitrogens with zero attached hydrogens (tertiary/aromatic N) is 2. The average molecular weight is 347 g/mol. The van der Waals surface area contributed by atoms with Crippen LogP contribution in [0, 0.1) is 11.6 Å². The van der Waals surface area contributed by atoms with Crippen LogP contribution in [-0.4, -0.2) is 55.0 Å². The van der Waals surface area contributed by atoms with Crippen LogP contribution in [0.15, 0.2) is 18.2 Å². The van der Waals surface area contributed by atoms with E-state index in [9.17, 15) is 22.4 Å². The summed E-state index contributed by atoms with van der Waals surface area (Å²) in [6, 6.07) is 3.26. The molecule has 0 unspecified atom stereocenters. The summed E-state index contributed by atoms with van der Waals surface area (Å²) in [5.74, 6) is -1.73. The predicted octanol–water partition coefficient (Wildman–Crippen LogP) is 2.84. The van der Waals surface area contributed by atoms with Crippen LogP contribution in [0.2, 0.25) is 0 Å². The molecule has 1 fully saturated rings. The lowest BCUT2D eigenvalue weighted by Crippen LogP contribution is -2.48. The number of hydrogen-bond acceptors (Lipinski definition) is 2. The van der Waals surface area contributed by atoms with Gasteiger partial charge in [0.1, 0.15) is 0 Å². The third-order valence-corrected chi connectivity index (χ3v) is 4.06. The van der Waals surface area contributed by atoms with Crippen LogP contribution >= 0.6 is 0 Å². The maximum Gasteiger partial charge on any atom is 0.317 e. The minimum atomic E-state index is -2.56. The molecule has 0 aliphatic carbocycles. The number of rotatable bonds is 5. The number of benzene rings is 1. The first-order chi connectivity index (χ1) is 11.3. The number of piperidine rings is 1. The van der Waals surface area contributed by atoms with Crippen molar-refractivity contribution in [1.29, 1.82) is 0 Å². The third-order valence-electron chi connectivity index (χ3n) is 4.06. The smallest absolute Gasteiger partial charge is 0.317 e. The Hall–Kier alpha value is -1.83. The fourth-order valence-corrected chi connectivity index (χ4v) is 2.71. The zero-order chi connectivity index (χ0) is 17.7. The van der Waals surface area contributed by atoms with E-state index < -0.39 is 30.6 Å². The van der Waals surface area contributed by atoms with Gasteiger partial charge in [0.25, 0.3) is 6.43 Å². The molecule has 1 heterocycles. The molecular formula is C16H21F4N3O. The summed E-state index contributed by atoms with van der Waals surface area (Å²) in [7, 11) is 1.33. The Labute approximate surface area is 138 Å². The van der Waals surface area contributed by atoms with E-state index in [1.54, 1.807) is 6.07 Å². The van der Waals surface area contributed by atoms with E-state index in [1.165, 1.54) is 13.1 Å². The molecule has 134 valence electrons. The van der Waals surface area contributed by atoms with Crippen molar-refractivity contribution >= 4 is 6.03 Å². The summed E-state index contributed by atoms with van der Waals surface area (Å²) >= 11 is 0. The average Bonchev–Trinajstić information content (AvgIpc) is 2.52. The van der Waals surface area contributed by atoms with E-state index in [1.807, 2.05) is 0 Å². The van der Waals surface area contributed by atoms with Gasteiger partial charge < -0.3 is 10.2 Å². The number of alkyl halides is 2. The van der Waals surface area contributed by atoms with E-state index in [0.717, 1.165) is 11.0 Å². The second kappa shape index (κ2) is 8.32. The summed E-state index contributed by atoms with van der Waals surface area (Å²) in [6.07, 6.45) is -1.20. The van der Waals surface area contributed by atoms with Crippen LogP contribution in [0.3, 0.4) is 0 Å². The molecule has 0 saturated carbocycles. The first kappa shape index (κ1) is 18.5. The van der Waals surface area contributed by atoms with Crippen LogP contribution in [0.25, 0.3) is 0 Å². The van der Waals surface area contributed by atoms with Crippen molar-refractivity contribution in [2.75, 3.05) is 26.7 Å². The van der Waals surface area contributed by atoms with Gasteiger partial charge in [-0.05, 0) is 30.5 Å². The highest BCUT2D eigenvalue weighted by atomic mass is 19.3. The number of halogens is 4. The summed E-state index contributed by atoms with van der Waals surface area (Å²) in [5, 5.41) is 2.74. The van der Waals surface area contributed by atoms with Gasteiger partial charge in [0.2, 0.25) is 0 Å².